The lowest BCUT2D eigenvalue weighted by atomic mass is 9.92. The Morgan fingerprint density at radius 3 is 2.52 bits per heavy atom. The standard InChI is InChI=1S/C16H26N2O3/c1-16(2,3)21-15(19)14-5-4-13(18(14)11-17)10-12-6-8-20-9-7-12/h12-14H,4-10H2,1-3H3. The number of likely N-dealkylation sites (tertiary alicyclic amines) is 1. The quantitative estimate of drug-likeness (QED) is 0.591. The number of carbonyl (C=O) groups is 1. The summed E-state index contributed by atoms with van der Waals surface area (Å²) in [6.07, 6.45) is 6.94. The molecule has 0 N–H and O–H groups in total. The molecule has 0 aliphatic carbocycles. The minimum Gasteiger partial charge on any atom is -0.458 e. The summed E-state index contributed by atoms with van der Waals surface area (Å²) in [5.41, 5.74) is -0.503. The van der Waals surface area contributed by atoms with Crippen molar-refractivity contribution in [1.82, 2.24) is 4.90 Å². The Hall–Kier alpha value is -1.28. The molecule has 2 fully saturated rings. The highest BCUT2D eigenvalue weighted by Gasteiger charge is 2.40. The summed E-state index contributed by atoms with van der Waals surface area (Å²) in [4.78, 5) is 13.9. The Morgan fingerprint density at radius 1 is 1.29 bits per heavy atom. The van der Waals surface area contributed by atoms with Crippen LogP contribution in [0.15, 0.2) is 0 Å². The third kappa shape index (κ3) is 4.34. The topological polar surface area (TPSA) is 62.6 Å². The molecule has 2 aliphatic rings. The molecule has 0 radical (unpaired) electrons. The van der Waals surface area contributed by atoms with E-state index in [9.17, 15) is 10.1 Å². The minimum atomic E-state index is -0.503. The molecular weight excluding hydrogens is 268 g/mol. The van der Waals surface area contributed by atoms with E-state index in [1.807, 2.05) is 20.8 Å². The highest BCUT2D eigenvalue weighted by Crippen LogP contribution is 2.32. The molecule has 0 bridgehead atoms. The smallest absolute Gasteiger partial charge is 0.330 e. The molecule has 2 rings (SSSR count). The lowest BCUT2D eigenvalue weighted by molar-refractivity contribution is -0.159. The third-order valence-corrected chi connectivity index (χ3v) is 4.24. The summed E-state index contributed by atoms with van der Waals surface area (Å²) < 4.78 is 10.8. The van der Waals surface area contributed by atoms with E-state index in [1.165, 1.54) is 0 Å². The number of nitriles is 1. The Kier molecular flexibility index (Phi) is 5.10. The Balaban J connectivity index is 1.94. The third-order valence-electron chi connectivity index (χ3n) is 4.24. The molecule has 2 aliphatic heterocycles. The van der Waals surface area contributed by atoms with Gasteiger partial charge in [-0.25, -0.2) is 4.79 Å². The predicted octanol–water partition coefficient (Wildman–Crippen LogP) is 2.46. The zero-order valence-corrected chi connectivity index (χ0v) is 13.3. The number of carbonyl (C=O) groups excluding carboxylic acids is 1. The Labute approximate surface area is 127 Å². The van der Waals surface area contributed by atoms with E-state index in [1.54, 1.807) is 4.90 Å². The molecular formula is C16H26N2O3. The molecule has 118 valence electrons. The van der Waals surface area contributed by atoms with Gasteiger partial charge >= 0.3 is 5.97 Å². The van der Waals surface area contributed by atoms with Crippen molar-refractivity contribution in [1.29, 1.82) is 5.26 Å². The first-order valence-electron chi connectivity index (χ1n) is 7.89. The fourth-order valence-corrected chi connectivity index (χ4v) is 3.23. The van der Waals surface area contributed by atoms with Crippen LogP contribution in [-0.4, -0.2) is 41.8 Å². The van der Waals surface area contributed by atoms with E-state index in [4.69, 9.17) is 9.47 Å². The largest absolute Gasteiger partial charge is 0.458 e. The van der Waals surface area contributed by atoms with E-state index >= 15 is 0 Å². The molecule has 2 unspecified atom stereocenters. The molecule has 0 spiro atoms. The van der Waals surface area contributed by atoms with Crippen LogP contribution in [0.2, 0.25) is 0 Å². The van der Waals surface area contributed by atoms with Crippen LogP contribution in [0.4, 0.5) is 0 Å². The fraction of sp³-hybridized carbons (Fsp3) is 0.875. The van der Waals surface area contributed by atoms with Crippen LogP contribution in [0, 0.1) is 17.4 Å². The minimum absolute atomic E-state index is 0.176. The SMILES string of the molecule is CC(C)(C)OC(=O)C1CCC(CC2CCOCC2)N1C#N. The number of hydrogen-bond acceptors (Lipinski definition) is 5. The first-order valence-corrected chi connectivity index (χ1v) is 7.89. The summed E-state index contributed by atoms with van der Waals surface area (Å²) in [5, 5.41) is 9.43. The van der Waals surface area contributed by atoms with Crippen molar-refractivity contribution < 1.29 is 14.3 Å². The van der Waals surface area contributed by atoms with Gasteiger partial charge in [0.05, 0.1) is 0 Å². The highest BCUT2D eigenvalue weighted by molar-refractivity contribution is 5.77. The van der Waals surface area contributed by atoms with E-state index < -0.39 is 11.6 Å². The van der Waals surface area contributed by atoms with Gasteiger partial charge in [-0.1, -0.05) is 0 Å². The fourth-order valence-electron chi connectivity index (χ4n) is 3.23. The summed E-state index contributed by atoms with van der Waals surface area (Å²) in [5.74, 6) is 0.343. The van der Waals surface area contributed by atoms with E-state index in [-0.39, 0.29) is 12.0 Å². The van der Waals surface area contributed by atoms with Crippen LogP contribution in [0.3, 0.4) is 0 Å². The zero-order chi connectivity index (χ0) is 15.5. The molecule has 2 atom stereocenters. The van der Waals surface area contributed by atoms with Gasteiger partial charge in [-0.3, -0.25) is 4.90 Å². The molecule has 2 heterocycles. The van der Waals surface area contributed by atoms with Gasteiger partial charge in [0.2, 0.25) is 0 Å². The Bertz CT molecular complexity index is 405. The molecule has 0 saturated carbocycles. The van der Waals surface area contributed by atoms with Crippen molar-refractivity contribution in [2.24, 2.45) is 5.92 Å². The predicted molar refractivity (Wildman–Crippen MR) is 78.3 cm³/mol. The van der Waals surface area contributed by atoms with Gasteiger partial charge in [0.25, 0.3) is 0 Å². The van der Waals surface area contributed by atoms with Crippen molar-refractivity contribution >= 4 is 5.97 Å². The summed E-state index contributed by atoms with van der Waals surface area (Å²) in [7, 11) is 0. The summed E-state index contributed by atoms with van der Waals surface area (Å²) in [6, 6.07) is -0.227. The van der Waals surface area contributed by atoms with Crippen LogP contribution in [-0.2, 0) is 14.3 Å². The maximum absolute atomic E-state index is 12.2. The lowest BCUT2D eigenvalue weighted by Gasteiger charge is -2.30. The Morgan fingerprint density at radius 2 is 1.95 bits per heavy atom. The monoisotopic (exact) mass is 294 g/mol. The molecule has 0 aromatic carbocycles. The molecule has 5 heteroatoms. The number of esters is 1. The lowest BCUT2D eigenvalue weighted by Crippen LogP contribution is -2.41. The first kappa shape index (κ1) is 16.1. The highest BCUT2D eigenvalue weighted by atomic mass is 16.6. The number of hydrogen-bond donors (Lipinski definition) is 0. The van der Waals surface area contributed by atoms with Crippen molar-refractivity contribution in [3.05, 3.63) is 0 Å². The van der Waals surface area contributed by atoms with Gasteiger partial charge < -0.3 is 9.47 Å². The molecule has 0 aromatic heterocycles. The number of nitrogens with zero attached hydrogens (tertiary/aromatic N) is 2. The van der Waals surface area contributed by atoms with Gasteiger partial charge in [0.15, 0.2) is 6.19 Å². The van der Waals surface area contributed by atoms with Gasteiger partial charge in [-0.05, 0) is 58.8 Å². The number of ether oxygens (including phenoxy) is 2. The van der Waals surface area contributed by atoms with Crippen molar-refractivity contribution in [3.63, 3.8) is 0 Å². The summed E-state index contributed by atoms with van der Waals surface area (Å²) in [6.45, 7) is 7.21. The second kappa shape index (κ2) is 6.65. The number of rotatable bonds is 3. The first-order chi connectivity index (χ1) is 9.90. The maximum atomic E-state index is 12.2. The normalized spacial score (nSPS) is 27.4. The van der Waals surface area contributed by atoms with Gasteiger partial charge in [-0.2, -0.15) is 5.26 Å². The second-order valence-electron chi connectivity index (χ2n) is 7.08. The van der Waals surface area contributed by atoms with Crippen molar-refractivity contribution in [3.8, 4) is 6.19 Å². The molecule has 21 heavy (non-hydrogen) atoms. The summed E-state index contributed by atoms with van der Waals surface area (Å²) >= 11 is 0. The van der Waals surface area contributed by atoms with Gasteiger partial charge in [0.1, 0.15) is 11.6 Å². The van der Waals surface area contributed by atoms with Crippen molar-refractivity contribution in [2.45, 2.75) is 70.6 Å². The molecule has 0 aromatic rings. The average molecular weight is 294 g/mol. The van der Waals surface area contributed by atoms with E-state index in [0.29, 0.717) is 5.92 Å². The maximum Gasteiger partial charge on any atom is 0.330 e. The second-order valence-corrected chi connectivity index (χ2v) is 7.08. The molecule has 5 nitrogen and oxygen atoms in total. The van der Waals surface area contributed by atoms with E-state index in [2.05, 4.69) is 6.19 Å². The molecule has 0 amide bonds. The van der Waals surface area contributed by atoms with Crippen LogP contribution >= 0.6 is 0 Å². The average Bonchev–Trinajstić information content (AvgIpc) is 2.81. The van der Waals surface area contributed by atoms with Crippen LogP contribution in [0.5, 0.6) is 0 Å². The zero-order valence-electron chi connectivity index (χ0n) is 13.3. The van der Waals surface area contributed by atoms with E-state index in [0.717, 1.165) is 45.3 Å². The van der Waals surface area contributed by atoms with Gasteiger partial charge in [0, 0.05) is 19.3 Å². The van der Waals surface area contributed by atoms with Crippen LogP contribution in [0.1, 0.15) is 52.9 Å². The van der Waals surface area contributed by atoms with Gasteiger partial charge in [-0.15, -0.1) is 0 Å². The molecule has 2 saturated heterocycles. The van der Waals surface area contributed by atoms with Crippen molar-refractivity contribution in [2.75, 3.05) is 13.2 Å². The van der Waals surface area contributed by atoms with Crippen LogP contribution < -0.4 is 0 Å². The van der Waals surface area contributed by atoms with Crippen LogP contribution in [0.25, 0.3) is 0 Å².